The molecule has 9 nitrogen and oxygen atoms in total. The predicted molar refractivity (Wildman–Crippen MR) is 153 cm³/mol. The number of amides is 3. The fraction of sp³-hybridized carbons (Fsp3) is 0.516. The number of carbonyl (C=O) groups is 3. The van der Waals surface area contributed by atoms with Gasteiger partial charge < -0.3 is 30.3 Å². The van der Waals surface area contributed by atoms with Crippen LogP contribution in [-0.2, 0) is 4.79 Å². The summed E-state index contributed by atoms with van der Waals surface area (Å²) < 4.78 is 10.6. The lowest BCUT2D eigenvalue weighted by Gasteiger charge is -2.31. The molecular formula is C31H42N4O5. The van der Waals surface area contributed by atoms with Crippen molar-refractivity contribution in [1.29, 1.82) is 0 Å². The van der Waals surface area contributed by atoms with Gasteiger partial charge in [-0.05, 0) is 80.5 Å². The molecule has 40 heavy (non-hydrogen) atoms. The molecule has 4 rings (SSSR count). The smallest absolute Gasteiger partial charge is 0.254 e. The normalized spacial score (nSPS) is 22.6. The molecule has 1 heterocycles. The molecule has 2 aromatic rings. The van der Waals surface area contributed by atoms with Gasteiger partial charge in [0, 0.05) is 36.3 Å². The summed E-state index contributed by atoms with van der Waals surface area (Å²) in [6, 6.07) is 13.2. The summed E-state index contributed by atoms with van der Waals surface area (Å²) >= 11 is 0. The van der Waals surface area contributed by atoms with Crippen molar-refractivity contribution in [1.82, 2.24) is 15.1 Å². The first-order valence-electron chi connectivity index (χ1n) is 14.2. The molecule has 1 aliphatic carbocycles. The number of rotatable bonds is 9. The van der Waals surface area contributed by atoms with E-state index in [1.807, 2.05) is 4.90 Å². The van der Waals surface area contributed by atoms with Crippen LogP contribution in [0, 0.1) is 5.92 Å². The third-order valence-corrected chi connectivity index (χ3v) is 7.88. The van der Waals surface area contributed by atoms with E-state index in [1.165, 1.54) is 0 Å². The van der Waals surface area contributed by atoms with Crippen molar-refractivity contribution in [2.24, 2.45) is 11.7 Å². The van der Waals surface area contributed by atoms with Crippen molar-refractivity contribution in [2.45, 2.75) is 70.1 Å². The average Bonchev–Trinajstić information content (AvgIpc) is 3.41. The zero-order valence-corrected chi connectivity index (χ0v) is 24.0. The number of nitrogens with two attached hydrogens (primary N) is 1. The van der Waals surface area contributed by atoms with Crippen LogP contribution in [0.25, 0.3) is 0 Å². The first-order valence-corrected chi connectivity index (χ1v) is 14.2. The largest absolute Gasteiger partial charge is 0.497 e. The van der Waals surface area contributed by atoms with Crippen molar-refractivity contribution < 1.29 is 23.9 Å². The summed E-state index contributed by atoms with van der Waals surface area (Å²) in [5, 5.41) is 3.18. The van der Waals surface area contributed by atoms with Crippen LogP contribution in [0.1, 0.15) is 66.7 Å². The number of hydrogen-bond donors (Lipinski definition) is 2. The van der Waals surface area contributed by atoms with Gasteiger partial charge in [-0.1, -0.05) is 19.9 Å². The van der Waals surface area contributed by atoms with E-state index >= 15 is 0 Å². The van der Waals surface area contributed by atoms with E-state index in [0.717, 1.165) is 25.7 Å². The first kappa shape index (κ1) is 29.4. The number of benzene rings is 2. The lowest BCUT2D eigenvalue weighted by Crippen LogP contribution is -2.50. The number of carbonyl (C=O) groups excluding carboxylic acids is 3. The molecule has 1 aliphatic heterocycles. The molecular weight excluding hydrogens is 508 g/mol. The van der Waals surface area contributed by atoms with E-state index in [9.17, 15) is 14.4 Å². The van der Waals surface area contributed by atoms with Crippen LogP contribution >= 0.6 is 0 Å². The second kappa shape index (κ2) is 13.2. The SMILES string of the molecule is COc1ccc(C(=O)N(CC(C)C)C2CC(C(=O)NC3CCC(N)CC3)N(C(=O)c3cccc(OC)c3)C2)cc1. The Bertz CT molecular complexity index is 1180. The average molecular weight is 551 g/mol. The summed E-state index contributed by atoms with van der Waals surface area (Å²) in [4.78, 5) is 44.7. The Balaban J connectivity index is 1.61. The highest BCUT2D eigenvalue weighted by Crippen LogP contribution is 2.29. The molecule has 3 amide bonds. The molecule has 0 aromatic heterocycles. The Morgan fingerprint density at radius 2 is 1.65 bits per heavy atom. The third kappa shape index (κ3) is 6.94. The number of nitrogens with zero attached hydrogens (tertiary/aromatic N) is 2. The molecule has 9 heteroatoms. The maximum atomic E-state index is 13.8. The monoisotopic (exact) mass is 550 g/mol. The molecule has 2 aromatic carbocycles. The van der Waals surface area contributed by atoms with Gasteiger partial charge >= 0.3 is 0 Å². The highest BCUT2D eigenvalue weighted by molar-refractivity contribution is 5.99. The van der Waals surface area contributed by atoms with E-state index in [1.54, 1.807) is 67.7 Å². The van der Waals surface area contributed by atoms with Gasteiger partial charge in [0.2, 0.25) is 5.91 Å². The number of likely N-dealkylation sites (tertiary alicyclic amines) is 1. The van der Waals surface area contributed by atoms with Crippen molar-refractivity contribution >= 4 is 17.7 Å². The van der Waals surface area contributed by atoms with E-state index in [4.69, 9.17) is 15.2 Å². The second-order valence-corrected chi connectivity index (χ2v) is 11.3. The quantitative estimate of drug-likeness (QED) is 0.494. The van der Waals surface area contributed by atoms with Crippen molar-refractivity contribution in [3.63, 3.8) is 0 Å². The Labute approximate surface area is 237 Å². The molecule has 0 radical (unpaired) electrons. The minimum atomic E-state index is -0.697. The van der Waals surface area contributed by atoms with Gasteiger partial charge in [0.1, 0.15) is 17.5 Å². The standard InChI is InChI=1S/C31H42N4O5/c1-20(2)18-34(30(37)21-8-14-26(39-3)15-9-21)25-17-28(29(36)33-24-12-10-23(32)11-13-24)35(19-25)31(38)22-6-5-7-27(16-22)40-4/h5-9,14-16,20,23-25,28H,10-13,17-19,32H2,1-4H3,(H,33,36). The molecule has 0 spiro atoms. The van der Waals surface area contributed by atoms with Crippen LogP contribution < -0.4 is 20.5 Å². The fourth-order valence-corrected chi connectivity index (χ4v) is 5.69. The van der Waals surface area contributed by atoms with Gasteiger partial charge in [-0.3, -0.25) is 14.4 Å². The molecule has 2 fully saturated rings. The van der Waals surface area contributed by atoms with Gasteiger partial charge in [0.25, 0.3) is 11.8 Å². The maximum absolute atomic E-state index is 13.8. The van der Waals surface area contributed by atoms with E-state index < -0.39 is 6.04 Å². The van der Waals surface area contributed by atoms with Crippen LogP contribution in [0.2, 0.25) is 0 Å². The molecule has 2 aliphatic rings. The number of ether oxygens (including phenoxy) is 2. The summed E-state index contributed by atoms with van der Waals surface area (Å²) in [7, 11) is 3.14. The van der Waals surface area contributed by atoms with Gasteiger partial charge in [-0.15, -0.1) is 0 Å². The zero-order valence-electron chi connectivity index (χ0n) is 24.0. The van der Waals surface area contributed by atoms with Crippen LogP contribution in [0.3, 0.4) is 0 Å². The molecule has 3 N–H and O–H groups in total. The third-order valence-electron chi connectivity index (χ3n) is 7.88. The second-order valence-electron chi connectivity index (χ2n) is 11.3. The van der Waals surface area contributed by atoms with Crippen molar-refractivity contribution in [2.75, 3.05) is 27.3 Å². The van der Waals surface area contributed by atoms with Gasteiger partial charge in [0.05, 0.1) is 20.3 Å². The minimum absolute atomic E-state index is 0.0350. The van der Waals surface area contributed by atoms with Crippen LogP contribution in [0.4, 0.5) is 0 Å². The number of hydrogen-bond acceptors (Lipinski definition) is 6. The van der Waals surface area contributed by atoms with Crippen LogP contribution in [-0.4, -0.2) is 79.0 Å². The van der Waals surface area contributed by atoms with E-state index in [-0.39, 0.29) is 48.3 Å². The summed E-state index contributed by atoms with van der Waals surface area (Å²) in [6.07, 6.45) is 3.74. The lowest BCUT2D eigenvalue weighted by atomic mass is 9.91. The molecule has 0 bridgehead atoms. The Morgan fingerprint density at radius 1 is 0.975 bits per heavy atom. The van der Waals surface area contributed by atoms with Gasteiger partial charge in [0.15, 0.2) is 0 Å². The minimum Gasteiger partial charge on any atom is -0.497 e. The Hall–Kier alpha value is -3.59. The molecule has 1 saturated heterocycles. The first-order chi connectivity index (χ1) is 19.2. The van der Waals surface area contributed by atoms with Crippen molar-refractivity contribution in [3.8, 4) is 11.5 Å². The number of nitrogens with one attached hydrogen (secondary N) is 1. The van der Waals surface area contributed by atoms with Gasteiger partial charge in [-0.2, -0.15) is 0 Å². The van der Waals surface area contributed by atoms with E-state index in [2.05, 4.69) is 19.2 Å². The topological polar surface area (TPSA) is 114 Å². The zero-order chi connectivity index (χ0) is 28.8. The maximum Gasteiger partial charge on any atom is 0.254 e. The van der Waals surface area contributed by atoms with E-state index in [0.29, 0.717) is 35.6 Å². The van der Waals surface area contributed by atoms with Crippen molar-refractivity contribution in [3.05, 3.63) is 59.7 Å². The van der Waals surface area contributed by atoms with Gasteiger partial charge in [-0.25, -0.2) is 0 Å². The molecule has 1 saturated carbocycles. The highest BCUT2D eigenvalue weighted by atomic mass is 16.5. The number of methoxy groups -OCH3 is 2. The Kier molecular flexibility index (Phi) is 9.68. The lowest BCUT2D eigenvalue weighted by molar-refractivity contribution is -0.125. The van der Waals surface area contributed by atoms with Crippen LogP contribution in [0.15, 0.2) is 48.5 Å². The highest BCUT2D eigenvalue weighted by Gasteiger charge is 2.44. The summed E-state index contributed by atoms with van der Waals surface area (Å²) in [6.45, 7) is 4.88. The summed E-state index contributed by atoms with van der Waals surface area (Å²) in [5.41, 5.74) is 7.05. The predicted octanol–water partition coefficient (Wildman–Crippen LogP) is 3.47. The summed E-state index contributed by atoms with van der Waals surface area (Å²) in [5.74, 6) is 0.872. The molecule has 2 atom stereocenters. The molecule has 2 unspecified atom stereocenters. The molecule has 216 valence electrons. The Morgan fingerprint density at radius 3 is 2.27 bits per heavy atom. The van der Waals surface area contributed by atoms with Crippen LogP contribution in [0.5, 0.6) is 11.5 Å². The fourth-order valence-electron chi connectivity index (χ4n) is 5.69.